The average molecular weight is 339 g/mol. The van der Waals surface area contributed by atoms with Crippen molar-refractivity contribution in [2.75, 3.05) is 0 Å². The smallest absolute Gasteiger partial charge is 0.262 e. The molecule has 0 aromatic rings. The van der Waals surface area contributed by atoms with Gasteiger partial charge in [0.05, 0.1) is 0 Å². The first-order valence-electron chi connectivity index (χ1n) is 8.17. The summed E-state index contributed by atoms with van der Waals surface area (Å²) in [6, 6.07) is -0.880. The minimum absolute atomic E-state index is 0.117. The Kier molecular flexibility index (Phi) is 5.43. The van der Waals surface area contributed by atoms with Crippen molar-refractivity contribution >= 4 is 23.7 Å². The van der Waals surface area contributed by atoms with Gasteiger partial charge in [0.15, 0.2) is 18.2 Å². The van der Waals surface area contributed by atoms with E-state index in [-0.39, 0.29) is 11.9 Å². The Morgan fingerprint density at radius 2 is 1.88 bits per heavy atom. The van der Waals surface area contributed by atoms with Crippen LogP contribution in [0.2, 0.25) is 0 Å². The number of morpholine rings is 1. The third kappa shape index (κ3) is 3.84. The maximum Gasteiger partial charge on any atom is 0.262 e. The van der Waals surface area contributed by atoms with Crippen molar-refractivity contribution in [3.63, 3.8) is 0 Å². The molecular formula is C15H25N5O4. The van der Waals surface area contributed by atoms with E-state index in [2.05, 4.69) is 10.3 Å². The molecule has 3 amide bonds. The van der Waals surface area contributed by atoms with E-state index in [1.165, 1.54) is 0 Å². The van der Waals surface area contributed by atoms with Crippen LogP contribution in [-0.2, 0) is 19.1 Å². The average Bonchev–Trinajstić information content (AvgIpc) is 3.21. The van der Waals surface area contributed by atoms with Gasteiger partial charge in [-0.05, 0) is 18.8 Å². The summed E-state index contributed by atoms with van der Waals surface area (Å²) in [4.78, 5) is 42.1. The molecule has 24 heavy (non-hydrogen) atoms. The predicted octanol–water partition coefficient (Wildman–Crippen LogP) is -0.947. The molecule has 2 unspecified atom stereocenters. The molecule has 0 aromatic heterocycles. The molecule has 5 N–H and O–H groups in total. The van der Waals surface area contributed by atoms with Gasteiger partial charge < -0.3 is 21.5 Å². The molecule has 2 aliphatic heterocycles. The minimum atomic E-state index is -0.880. The highest BCUT2D eigenvalue weighted by Gasteiger charge is 2.63. The SMILES string of the molecule is CCCC(N=C(N)N)NC(=O)[C@H](CC(C)C)N1C(=O)C2O[C@@H]2C1=O. The van der Waals surface area contributed by atoms with Gasteiger partial charge in [-0.25, -0.2) is 4.99 Å². The van der Waals surface area contributed by atoms with E-state index in [1.54, 1.807) is 0 Å². The first-order chi connectivity index (χ1) is 11.3. The number of guanidine groups is 1. The molecule has 4 atom stereocenters. The van der Waals surface area contributed by atoms with E-state index in [1.807, 2.05) is 20.8 Å². The van der Waals surface area contributed by atoms with Gasteiger partial charge in [-0.3, -0.25) is 19.3 Å². The van der Waals surface area contributed by atoms with Gasteiger partial charge in [-0.2, -0.15) is 0 Å². The zero-order valence-corrected chi connectivity index (χ0v) is 14.2. The monoisotopic (exact) mass is 339 g/mol. The lowest BCUT2D eigenvalue weighted by molar-refractivity contribution is -0.152. The summed E-state index contributed by atoms with van der Waals surface area (Å²) in [5.74, 6) is -1.33. The lowest BCUT2D eigenvalue weighted by atomic mass is 10.0. The number of nitrogens with one attached hydrogen (secondary N) is 1. The van der Waals surface area contributed by atoms with Crippen LogP contribution in [0.3, 0.4) is 0 Å². The fourth-order valence-corrected chi connectivity index (χ4v) is 2.84. The Balaban J connectivity index is 2.15. The minimum Gasteiger partial charge on any atom is -0.370 e. The summed E-state index contributed by atoms with van der Waals surface area (Å²) >= 11 is 0. The number of nitrogens with two attached hydrogens (primary N) is 2. The van der Waals surface area contributed by atoms with Gasteiger partial charge in [-0.15, -0.1) is 0 Å². The second-order valence-corrected chi connectivity index (χ2v) is 6.54. The molecule has 0 aromatic carbocycles. The Morgan fingerprint density at radius 3 is 2.33 bits per heavy atom. The number of ether oxygens (including phenoxy) is 1. The molecule has 134 valence electrons. The molecule has 0 bridgehead atoms. The number of epoxide rings is 1. The topological polar surface area (TPSA) is 143 Å². The molecule has 0 saturated carbocycles. The molecular weight excluding hydrogens is 314 g/mol. The standard InChI is InChI=1S/C15H25N5O4/c1-4-5-9(19-15(16)17)18-12(21)8(6-7(2)3)20-13(22)10-11(24-10)14(20)23/h7-11H,4-6H2,1-3H3,(H,18,21)(H4,16,17,19)/t8-,9?,10-,11?/m0/s1. The van der Waals surface area contributed by atoms with Crippen molar-refractivity contribution in [2.24, 2.45) is 22.4 Å². The highest BCUT2D eigenvalue weighted by atomic mass is 16.6. The maximum atomic E-state index is 12.7. The van der Waals surface area contributed by atoms with Crippen molar-refractivity contribution in [3.8, 4) is 0 Å². The molecule has 9 heteroatoms. The fraction of sp³-hybridized carbons (Fsp3) is 0.733. The highest BCUT2D eigenvalue weighted by Crippen LogP contribution is 2.35. The van der Waals surface area contributed by atoms with E-state index < -0.39 is 42.1 Å². The van der Waals surface area contributed by atoms with Gasteiger partial charge in [0.2, 0.25) is 5.91 Å². The number of carbonyl (C=O) groups excluding carboxylic acids is 3. The number of likely N-dealkylation sites (tertiary alicyclic amines) is 1. The molecule has 2 heterocycles. The van der Waals surface area contributed by atoms with Crippen molar-refractivity contribution in [3.05, 3.63) is 0 Å². The third-order valence-corrected chi connectivity index (χ3v) is 3.94. The summed E-state index contributed by atoms with van der Waals surface area (Å²) in [6.45, 7) is 5.77. The molecule has 9 nitrogen and oxygen atoms in total. The Morgan fingerprint density at radius 1 is 1.29 bits per heavy atom. The summed E-state index contributed by atoms with van der Waals surface area (Å²) in [7, 11) is 0. The molecule has 2 aliphatic rings. The van der Waals surface area contributed by atoms with E-state index >= 15 is 0 Å². The second-order valence-electron chi connectivity index (χ2n) is 6.54. The van der Waals surface area contributed by atoms with Gasteiger partial charge in [0.1, 0.15) is 12.2 Å². The number of amides is 3. The second kappa shape index (κ2) is 7.16. The van der Waals surface area contributed by atoms with Crippen LogP contribution in [0.1, 0.15) is 40.0 Å². The van der Waals surface area contributed by atoms with Crippen LogP contribution in [0.5, 0.6) is 0 Å². The van der Waals surface area contributed by atoms with Crippen LogP contribution in [-0.4, -0.2) is 53.0 Å². The normalized spacial score (nSPS) is 24.6. The zero-order chi connectivity index (χ0) is 18.0. The number of aliphatic imine (C=N–C) groups is 1. The quantitative estimate of drug-likeness (QED) is 0.225. The molecule has 2 rings (SSSR count). The molecule has 0 radical (unpaired) electrons. The largest absolute Gasteiger partial charge is 0.370 e. The first kappa shape index (κ1) is 18.2. The van der Waals surface area contributed by atoms with Crippen molar-refractivity contribution < 1.29 is 19.1 Å². The van der Waals surface area contributed by atoms with Gasteiger partial charge >= 0.3 is 0 Å². The summed E-state index contributed by atoms with van der Waals surface area (Å²) in [5.41, 5.74) is 10.8. The predicted molar refractivity (Wildman–Crippen MR) is 86.4 cm³/mol. The van der Waals surface area contributed by atoms with Crippen LogP contribution in [0.15, 0.2) is 4.99 Å². The van der Waals surface area contributed by atoms with Crippen molar-refractivity contribution in [1.82, 2.24) is 10.2 Å². The Bertz CT molecular complexity index is 538. The number of rotatable bonds is 8. The summed E-state index contributed by atoms with van der Waals surface area (Å²) in [5, 5.41) is 2.73. The lowest BCUT2D eigenvalue weighted by Crippen LogP contribution is -2.53. The van der Waals surface area contributed by atoms with Crippen molar-refractivity contribution in [1.29, 1.82) is 0 Å². The van der Waals surface area contributed by atoms with Crippen molar-refractivity contribution in [2.45, 2.75) is 64.4 Å². The van der Waals surface area contributed by atoms with E-state index in [0.29, 0.717) is 12.8 Å². The molecule has 2 fully saturated rings. The first-order valence-corrected chi connectivity index (χ1v) is 8.17. The number of nitrogens with zero attached hydrogens (tertiary/aromatic N) is 2. The summed E-state index contributed by atoms with van der Waals surface area (Å²) in [6.07, 6.45) is -0.345. The van der Waals surface area contributed by atoms with Crippen LogP contribution < -0.4 is 16.8 Å². The number of imide groups is 1. The highest BCUT2D eigenvalue weighted by molar-refractivity contribution is 6.13. The van der Waals surface area contributed by atoms with Crippen LogP contribution >= 0.6 is 0 Å². The van der Waals surface area contributed by atoms with E-state index in [9.17, 15) is 14.4 Å². The fourth-order valence-electron chi connectivity index (χ4n) is 2.84. The zero-order valence-electron chi connectivity index (χ0n) is 14.2. The number of hydrogen-bond donors (Lipinski definition) is 3. The maximum absolute atomic E-state index is 12.7. The third-order valence-electron chi connectivity index (χ3n) is 3.94. The van der Waals surface area contributed by atoms with Crippen LogP contribution in [0, 0.1) is 5.92 Å². The molecule has 2 saturated heterocycles. The molecule has 0 spiro atoms. The Labute approximate surface area is 140 Å². The Hall–Kier alpha value is -2.16. The summed E-state index contributed by atoms with van der Waals surface area (Å²) < 4.78 is 4.99. The van der Waals surface area contributed by atoms with Crippen LogP contribution in [0.4, 0.5) is 0 Å². The van der Waals surface area contributed by atoms with Gasteiger partial charge in [0, 0.05) is 0 Å². The van der Waals surface area contributed by atoms with E-state index in [4.69, 9.17) is 16.2 Å². The van der Waals surface area contributed by atoms with Gasteiger partial charge in [0.25, 0.3) is 11.8 Å². The van der Waals surface area contributed by atoms with E-state index in [0.717, 1.165) is 11.3 Å². The number of carbonyl (C=O) groups is 3. The van der Waals surface area contributed by atoms with Gasteiger partial charge in [-0.1, -0.05) is 27.2 Å². The molecule has 0 aliphatic carbocycles. The lowest BCUT2D eigenvalue weighted by Gasteiger charge is -2.29. The van der Waals surface area contributed by atoms with Crippen LogP contribution in [0.25, 0.3) is 0 Å². The number of fused-ring (bicyclic) bond motifs is 1. The number of hydrogen-bond acceptors (Lipinski definition) is 5.